The minimum Gasteiger partial charge on any atom is -0.343 e. The van der Waals surface area contributed by atoms with Crippen LogP contribution in [0.2, 0.25) is 0 Å². The van der Waals surface area contributed by atoms with E-state index >= 15 is 0 Å². The molecule has 2 fully saturated rings. The Kier molecular flexibility index (Phi) is 2.92. The van der Waals surface area contributed by atoms with Gasteiger partial charge in [0.25, 0.3) is 0 Å². The normalized spacial score (nSPS) is 37.2. The van der Waals surface area contributed by atoms with Gasteiger partial charge in [0.2, 0.25) is 11.8 Å². The van der Waals surface area contributed by atoms with E-state index in [-0.39, 0.29) is 29.9 Å². The number of nitrogens with one attached hydrogen (secondary N) is 1. The fraction of sp³-hybridized carbons (Fsp3) is 0.846. The molecule has 0 aromatic carbocycles. The smallest absolute Gasteiger partial charge is 0.245 e. The molecular formula is C13H22N2O2. The molecular weight excluding hydrogens is 216 g/mol. The van der Waals surface area contributed by atoms with E-state index in [2.05, 4.69) is 19.2 Å². The summed E-state index contributed by atoms with van der Waals surface area (Å²) in [5.74, 6) is 0.0432. The molecule has 4 heteroatoms. The number of rotatable bonds is 1. The zero-order valence-electron chi connectivity index (χ0n) is 11.1. The Balaban J connectivity index is 2.18. The minimum atomic E-state index is -0.373. The lowest BCUT2D eigenvalue weighted by atomic mass is 9.91. The first-order chi connectivity index (χ1) is 7.82. The topological polar surface area (TPSA) is 49.4 Å². The fourth-order valence-corrected chi connectivity index (χ4v) is 3.07. The molecule has 1 saturated carbocycles. The van der Waals surface area contributed by atoms with Gasteiger partial charge in [0.15, 0.2) is 0 Å². The highest BCUT2D eigenvalue weighted by atomic mass is 16.2. The van der Waals surface area contributed by atoms with Crippen LogP contribution in [-0.2, 0) is 9.59 Å². The monoisotopic (exact) mass is 238 g/mol. The van der Waals surface area contributed by atoms with Crippen molar-refractivity contribution in [2.24, 2.45) is 5.41 Å². The molecule has 0 aromatic heterocycles. The average molecular weight is 238 g/mol. The first-order valence-electron chi connectivity index (χ1n) is 6.44. The SMILES string of the molecule is CC1NC(=O)C(C)N(C2CCC(C)(C)C2)C1=O. The molecule has 4 nitrogen and oxygen atoms in total. The molecule has 0 spiro atoms. The van der Waals surface area contributed by atoms with Crippen LogP contribution in [0, 0.1) is 5.41 Å². The highest BCUT2D eigenvalue weighted by molar-refractivity contribution is 5.96. The Labute approximate surface area is 103 Å². The van der Waals surface area contributed by atoms with Gasteiger partial charge in [-0.05, 0) is 38.5 Å². The van der Waals surface area contributed by atoms with E-state index in [1.807, 2.05) is 11.8 Å². The van der Waals surface area contributed by atoms with Gasteiger partial charge in [-0.25, -0.2) is 0 Å². The quantitative estimate of drug-likeness (QED) is 0.748. The van der Waals surface area contributed by atoms with Crippen LogP contribution in [0.25, 0.3) is 0 Å². The van der Waals surface area contributed by atoms with E-state index in [0.29, 0.717) is 5.41 Å². The van der Waals surface area contributed by atoms with Gasteiger partial charge in [0, 0.05) is 6.04 Å². The molecule has 3 atom stereocenters. The predicted molar refractivity (Wildman–Crippen MR) is 65.3 cm³/mol. The van der Waals surface area contributed by atoms with E-state index < -0.39 is 0 Å². The molecule has 17 heavy (non-hydrogen) atoms. The summed E-state index contributed by atoms with van der Waals surface area (Å²) in [6.45, 7) is 8.05. The van der Waals surface area contributed by atoms with Gasteiger partial charge in [0.1, 0.15) is 12.1 Å². The van der Waals surface area contributed by atoms with Crippen molar-refractivity contribution >= 4 is 11.8 Å². The standard InChI is InChI=1S/C13H22N2O2/c1-8-12(17)15(9(2)11(16)14-8)10-5-6-13(3,4)7-10/h8-10H,5-7H2,1-4H3,(H,14,16). The Bertz CT molecular complexity index is 351. The summed E-state index contributed by atoms with van der Waals surface area (Å²) in [5, 5.41) is 2.72. The molecule has 1 N–H and O–H groups in total. The highest BCUT2D eigenvalue weighted by Crippen LogP contribution is 2.40. The maximum atomic E-state index is 12.2. The lowest BCUT2D eigenvalue weighted by Gasteiger charge is -2.40. The molecule has 96 valence electrons. The number of hydrogen-bond donors (Lipinski definition) is 1. The van der Waals surface area contributed by atoms with Crippen molar-refractivity contribution in [2.45, 2.75) is 65.1 Å². The molecule has 0 bridgehead atoms. The Morgan fingerprint density at radius 2 is 1.94 bits per heavy atom. The number of carbonyl (C=O) groups excluding carboxylic acids is 2. The van der Waals surface area contributed by atoms with Crippen LogP contribution < -0.4 is 5.32 Å². The third-order valence-electron chi connectivity index (χ3n) is 4.12. The van der Waals surface area contributed by atoms with Crippen LogP contribution in [0.5, 0.6) is 0 Å². The number of hydrogen-bond acceptors (Lipinski definition) is 2. The zero-order valence-corrected chi connectivity index (χ0v) is 11.1. The van der Waals surface area contributed by atoms with Gasteiger partial charge in [-0.15, -0.1) is 0 Å². The molecule has 3 unspecified atom stereocenters. The van der Waals surface area contributed by atoms with Crippen LogP contribution in [0.15, 0.2) is 0 Å². The van der Waals surface area contributed by atoms with Crippen LogP contribution in [0.1, 0.15) is 47.0 Å². The summed E-state index contributed by atoms with van der Waals surface area (Å²) >= 11 is 0. The van der Waals surface area contributed by atoms with Crippen molar-refractivity contribution in [3.05, 3.63) is 0 Å². The molecule has 1 heterocycles. The largest absolute Gasteiger partial charge is 0.343 e. The minimum absolute atomic E-state index is 0.0261. The second-order valence-corrected chi connectivity index (χ2v) is 6.21. The summed E-state index contributed by atoms with van der Waals surface area (Å²) < 4.78 is 0. The maximum absolute atomic E-state index is 12.2. The van der Waals surface area contributed by atoms with Gasteiger partial charge >= 0.3 is 0 Å². The van der Waals surface area contributed by atoms with Crippen LogP contribution in [0.3, 0.4) is 0 Å². The third kappa shape index (κ3) is 2.17. The van der Waals surface area contributed by atoms with Crippen molar-refractivity contribution in [1.82, 2.24) is 10.2 Å². The van der Waals surface area contributed by atoms with Crippen LogP contribution in [0.4, 0.5) is 0 Å². The first kappa shape index (κ1) is 12.4. The van der Waals surface area contributed by atoms with Gasteiger partial charge in [-0.3, -0.25) is 9.59 Å². The van der Waals surface area contributed by atoms with Gasteiger partial charge in [-0.1, -0.05) is 13.8 Å². The van der Waals surface area contributed by atoms with Crippen LogP contribution >= 0.6 is 0 Å². The molecule has 0 aromatic rings. The lowest BCUT2D eigenvalue weighted by Crippen LogP contribution is -2.63. The Morgan fingerprint density at radius 1 is 1.29 bits per heavy atom. The van der Waals surface area contributed by atoms with Gasteiger partial charge in [-0.2, -0.15) is 0 Å². The van der Waals surface area contributed by atoms with E-state index in [9.17, 15) is 9.59 Å². The first-order valence-corrected chi connectivity index (χ1v) is 6.44. The molecule has 0 radical (unpaired) electrons. The highest BCUT2D eigenvalue weighted by Gasteiger charge is 2.43. The maximum Gasteiger partial charge on any atom is 0.245 e. The summed E-state index contributed by atoms with van der Waals surface area (Å²) in [5.41, 5.74) is 0.293. The predicted octanol–water partition coefficient (Wildman–Crippen LogP) is 1.30. The van der Waals surface area contributed by atoms with E-state index in [0.717, 1.165) is 19.3 Å². The Morgan fingerprint density at radius 3 is 2.47 bits per heavy atom. The average Bonchev–Trinajstić information content (AvgIpc) is 2.56. The molecule has 1 aliphatic carbocycles. The molecule has 2 aliphatic rings. The molecule has 2 amide bonds. The van der Waals surface area contributed by atoms with E-state index in [1.165, 1.54) is 0 Å². The fourth-order valence-electron chi connectivity index (χ4n) is 3.07. The van der Waals surface area contributed by atoms with Crippen molar-refractivity contribution in [3.8, 4) is 0 Å². The second kappa shape index (κ2) is 4.00. The number of amides is 2. The summed E-state index contributed by atoms with van der Waals surface area (Å²) in [4.78, 5) is 25.8. The van der Waals surface area contributed by atoms with E-state index in [4.69, 9.17) is 0 Å². The van der Waals surface area contributed by atoms with Gasteiger partial charge in [0.05, 0.1) is 0 Å². The molecule has 2 rings (SSSR count). The van der Waals surface area contributed by atoms with Crippen molar-refractivity contribution < 1.29 is 9.59 Å². The molecule has 1 aliphatic heterocycles. The van der Waals surface area contributed by atoms with Crippen molar-refractivity contribution in [2.75, 3.05) is 0 Å². The van der Waals surface area contributed by atoms with Crippen molar-refractivity contribution in [1.29, 1.82) is 0 Å². The third-order valence-corrected chi connectivity index (χ3v) is 4.12. The summed E-state index contributed by atoms with van der Waals surface area (Å²) in [7, 11) is 0. The van der Waals surface area contributed by atoms with Gasteiger partial charge < -0.3 is 10.2 Å². The number of nitrogens with zero attached hydrogens (tertiary/aromatic N) is 1. The zero-order chi connectivity index (χ0) is 12.8. The van der Waals surface area contributed by atoms with Crippen LogP contribution in [-0.4, -0.2) is 34.8 Å². The number of piperazine rings is 1. The molecule has 1 saturated heterocycles. The van der Waals surface area contributed by atoms with Crippen molar-refractivity contribution in [3.63, 3.8) is 0 Å². The second-order valence-electron chi connectivity index (χ2n) is 6.21. The Hall–Kier alpha value is -1.06. The summed E-state index contributed by atoms with van der Waals surface area (Å²) in [6, 6.07) is -0.457. The van der Waals surface area contributed by atoms with E-state index in [1.54, 1.807) is 6.92 Å². The lowest BCUT2D eigenvalue weighted by molar-refractivity contribution is -0.150. The summed E-state index contributed by atoms with van der Waals surface area (Å²) in [6.07, 6.45) is 3.15. The number of carbonyl (C=O) groups is 2.